The molecular formula is C13H13Cl2NO5. The van der Waals surface area contributed by atoms with E-state index in [1.807, 2.05) is 0 Å². The first-order chi connectivity index (χ1) is 9.85. The second-order valence-electron chi connectivity index (χ2n) is 3.97. The van der Waals surface area contributed by atoms with Gasteiger partial charge in [0.15, 0.2) is 0 Å². The highest BCUT2D eigenvalue weighted by molar-refractivity contribution is 6.40. The van der Waals surface area contributed by atoms with Crippen molar-refractivity contribution in [1.82, 2.24) is 0 Å². The summed E-state index contributed by atoms with van der Waals surface area (Å²) in [6.45, 7) is 1.91. The van der Waals surface area contributed by atoms with Crippen LogP contribution in [0.2, 0.25) is 10.0 Å². The molecule has 1 amide bonds. The van der Waals surface area contributed by atoms with Crippen molar-refractivity contribution in [3.63, 3.8) is 0 Å². The summed E-state index contributed by atoms with van der Waals surface area (Å²) in [6.07, 6.45) is -0.158. The number of esters is 1. The number of carbonyl (C=O) groups excluding carboxylic acids is 2. The Morgan fingerprint density at radius 2 is 1.76 bits per heavy atom. The van der Waals surface area contributed by atoms with Gasteiger partial charge in [0.05, 0.1) is 34.3 Å². The Labute approximate surface area is 131 Å². The summed E-state index contributed by atoms with van der Waals surface area (Å²) in [5.41, 5.74) is 0.0201. The van der Waals surface area contributed by atoms with E-state index < -0.39 is 17.8 Å². The van der Waals surface area contributed by atoms with Crippen molar-refractivity contribution >= 4 is 46.7 Å². The topological polar surface area (TPSA) is 92.7 Å². The van der Waals surface area contributed by atoms with Crippen LogP contribution in [0.1, 0.15) is 30.1 Å². The third-order valence-electron chi connectivity index (χ3n) is 2.41. The van der Waals surface area contributed by atoms with Gasteiger partial charge in [-0.1, -0.05) is 23.2 Å². The van der Waals surface area contributed by atoms with Gasteiger partial charge in [0.1, 0.15) is 0 Å². The zero-order valence-electron chi connectivity index (χ0n) is 11.1. The van der Waals surface area contributed by atoms with Crippen molar-refractivity contribution in [1.29, 1.82) is 0 Å². The molecule has 1 aromatic rings. The number of carboxylic acid groups (broad SMARTS) is 1. The van der Waals surface area contributed by atoms with Crippen molar-refractivity contribution < 1.29 is 24.2 Å². The monoisotopic (exact) mass is 333 g/mol. The number of anilines is 1. The Morgan fingerprint density at radius 3 is 2.24 bits per heavy atom. The lowest BCUT2D eigenvalue weighted by Gasteiger charge is -2.10. The van der Waals surface area contributed by atoms with Gasteiger partial charge in [-0.15, -0.1) is 0 Å². The van der Waals surface area contributed by atoms with Crippen LogP contribution in [-0.4, -0.2) is 29.6 Å². The van der Waals surface area contributed by atoms with E-state index in [0.29, 0.717) is 0 Å². The number of halogens is 2. The van der Waals surface area contributed by atoms with Crippen molar-refractivity contribution in [3.05, 3.63) is 27.7 Å². The molecule has 0 aliphatic rings. The third-order valence-corrected chi connectivity index (χ3v) is 3.01. The Bertz CT molecular complexity index is 551. The van der Waals surface area contributed by atoms with Gasteiger partial charge >= 0.3 is 11.9 Å². The minimum atomic E-state index is -1.18. The molecule has 0 fully saturated rings. The fourth-order valence-corrected chi connectivity index (χ4v) is 2.05. The van der Waals surface area contributed by atoms with Crippen LogP contribution in [0.25, 0.3) is 0 Å². The highest BCUT2D eigenvalue weighted by Crippen LogP contribution is 2.32. The minimum absolute atomic E-state index is 0.00406. The fourth-order valence-electron chi connectivity index (χ4n) is 1.47. The first-order valence-corrected chi connectivity index (χ1v) is 6.78. The average molecular weight is 334 g/mol. The summed E-state index contributed by atoms with van der Waals surface area (Å²) in [7, 11) is 0. The molecule has 8 heteroatoms. The second-order valence-corrected chi connectivity index (χ2v) is 4.79. The van der Waals surface area contributed by atoms with Crippen molar-refractivity contribution in [2.75, 3.05) is 11.9 Å². The van der Waals surface area contributed by atoms with Gasteiger partial charge in [0.25, 0.3) is 0 Å². The average Bonchev–Trinajstić information content (AvgIpc) is 2.40. The number of rotatable bonds is 6. The molecule has 0 aliphatic carbocycles. The van der Waals surface area contributed by atoms with E-state index in [2.05, 4.69) is 5.32 Å². The molecule has 0 bridgehead atoms. The maximum Gasteiger partial charge on any atom is 0.335 e. The number of carboxylic acids is 1. The van der Waals surface area contributed by atoms with Crippen LogP contribution in [0.15, 0.2) is 12.1 Å². The SMILES string of the molecule is CCOC(=O)CCC(=O)Nc1c(Cl)cc(C(=O)O)cc1Cl. The zero-order valence-corrected chi connectivity index (χ0v) is 12.6. The first-order valence-electron chi connectivity index (χ1n) is 6.03. The van der Waals surface area contributed by atoms with E-state index in [9.17, 15) is 14.4 Å². The molecule has 114 valence electrons. The number of hydrogen-bond acceptors (Lipinski definition) is 4. The zero-order chi connectivity index (χ0) is 16.0. The highest BCUT2D eigenvalue weighted by Gasteiger charge is 2.15. The van der Waals surface area contributed by atoms with E-state index in [1.54, 1.807) is 6.92 Å². The molecule has 1 rings (SSSR count). The molecular weight excluding hydrogens is 321 g/mol. The predicted octanol–water partition coefficient (Wildman–Crippen LogP) is 2.97. The van der Waals surface area contributed by atoms with E-state index in [0.717, 1.165) is 0 Å². The smallest absolute Gasteiger partial charge is 0.335 e. The standard InChI is InChI=1S/C13H13Cl2NO5/c1-2-21-11(18)4-3-10(17)16-12-8(14)5-7(13(19)20)6-9(12)15/h5-6H,2-4H2,1H3,(H,16,17)(H,19,20). The van der Waals surface area contributed by atoms with Gasteiger partial charge in [0.2, 0.25) is 5.91 Å². The van der Waals surface area contributed by atoms with Gasteiger partial charge in [-0.05, 0) is 19.1 Å². The first kappa shape index (κ1) is 17.3. The third kappa shape index (κ3) is 5.24. The molecule has 1 aromatic carbocycles. The summed E-state index contributed by atoms with van der Waals surface area (Å²) < 4.78 is 4.70. The molecule has 0 unspecified atom stereocenters. The molecule has 0 aliphatic heterocycles. The Kier molecular flexibility index (Phi) is 6.45. The molecule has 0 radical (unpaired) electrons. The van der Waals surface area contributed by atoms with E-state index in [-0.39, 0.29) is 40.7 Å². The quantitative estimate of drug-likeness (QED) is 0.780. The second kappa shape index (κ2) is 7.85. The normalized spacial score (nSPS) is 10.0. The molecule has 21 heavy (non-hydrogen) atoms. The molecule has 0 atom stereocenters. The Hall–Kier alpha value is -1.79. The summed E-state index contributed by atoms with van der Waals surface area (Å²) in [4.78, 5) is 33.6. The minimum Gasteiger partial charge on any atom is -0.478 e. The van der Waals surface area contributed by atoms with Crippen LogP contribution in [0, 0.1) is 0 Å². The van der Waals surface area contributed by atoms with Gasteiger partial charge < -0.3 is 15.2 Å². The van der Waals surface area contributed by atoms with Crippen LogP contribution in [-0.2, 0) is 14.3 Å². The van der Waals surface area contributed by atoms with E-state index in [1.165, 1.54) is 12.1 Å². The van der Waals surface area contributed by atoms with Crippen LogP contribution in [0.3, 0.4) is 0 Å². The van der Waals surface area contributed by atoms with Gasteiger partial charge in [-0.2, -0.15) is 0 Å². The number of aromatic carboxylic acids is 1. The molecule has 6 nitrogen and oxygen atoms in total. The van der Waals surface area contributed by atoms with Crippen LogP contribution in [0.5, 0.6) is 0 Å². The van der Waals surface area contributed by atoms with Crippen molar-refractivity contribution in [2.45, 2.75) is 19.8 Å². The summed E-state index contributed by atoms with van der Waals surface area (Å²) in [5.74, 6) is -2.14. The number of benzene rings is 1. The molecule has 0 heterocycles. The van der Waals surface area contributed by atoms with Crippen LogP contribution < -0.4 is 5.32 Å². The number of carbonyl (C=O) groups is 3. The lowest BCUT2D eigenvalue weighted by molar-refractivity contribution is -0.144. The fraction of sp³-hybridized carbons (Fsp3) is 0.308. The molecule has 2 N–H and O–H groups in total. The van der Waals surface area contributed by atoms with Crippen LogP contribution in [0.4, 0.5) is 5.69 Å². The molecule has 0 saturated carbocycles. The number of ether oxygens (including phenoxy) is 1. The molecule has 0 aromatic heterocycles. The van der Waals surface area contributed by atoms with Crippen molar-refractivity contribution in [2.24, 2.45) is 0 Å². The van der Waals surface area contributed by atoms with E-state index in [4.69, 9.17) is 33.0 Å². The predicted molar refractivity (Wildman–Crippen MR) is 77.9 cm³/mol. The lowest BCUT2D eigenvalue weighted by atomic mass is 10.2. The van der Waals surface area contributed by atoms with Gasteiger partial charge in [-0.25, -0.2) is 4.79 Å². The number of amides is 1. The summed E-state index contributed by atoms with van der Waals surface area (Å²) >= 11 is 11.8. The Morgan fingerprint density at radius 1 is 1.19 bits per heavy atom. The van der Waals surface area contributed by atoms with E-state index >= 15 is 0 Å². The van der Waals surface area contributed by atoms with Crippen LogP contribution >= 0.6 is 23.2 Å². The lowest BCUT2D eigenvalue weighted by Crippen LogP contribution is -2.15. The highest BCUT2D eigenvalue weighted by atomic mass is 35.5. The van der Waals surface area contributed by atoms with Gasteiger partial charge in [-0.3, -0.25) is 9.59 Å². The number of hydrogen-bond donors (Lipinski definition) is 2. The summed E-state index contributed by atoms with van der Waals surface area (Å²) in [6, 6.07) is 2.35. The maximum absolute atomic E-state index is 11.7. The molecule has 0 saturated heterocycles. The van der Waals surface area contributed by atoms with Crippen molar-refractivity contribution in [3.8, 4) is 0 Å². The molecule has 0 spiro atoms. The largest absolute Gasteiger partial charge is 0.478 e. The van der Waals surface area contributed by atoms with Gasteiger partial charge in [0, 0.05) is 6.42 Å². The maximum atomic E-state index is 11.7. The summed E-state index contributed by atoms with van der Waals surface area (Å²) in [5, 5.41) is 11.3. The Balaban J connectivity index is 2.72. The number of nitrogens with one attached hydrogen (secondary N) is 1.